The number of carbonyl (C=O) groups excluding carboxylic acids is 1. The van der Waals surface area contributed by atoms with Gasteiger partial charge in [0.15, 0.2) is 0 Å². The number of hydrogen-bond acceptors (Lipinski definition) is 3. The van der Waals surface area contributed by atoms with Crippen LogP contribution in [0.25, 0.3) is 0 Å². The number of amides is 1. The average molecular weight is 149 g/mol. The van der Waals surface area contributed by atoms with Gasteiger partial charge in [-0.15, -0.1) is 0 Å². The molecule has 0 aromatic rings. The van der Waals surface area contributed by atoms with E-state index in [1.54, 1.807) is 0 Å². The maximum atomic E-state index is 10.5. The minimum Gasteiger partial charge on any atom is -0.376 e. The molecule has 0 saturated heterocycles. The normalized spacial score (nSPS) is 9.11. The Hall–Kier alpha value is -0.220. The van der Waals surface area contributed by atoms with E-state index in [9.17, 15) is 4.79 Å². The molecule has 0 heterocycles. The fourth-order valence-corrected chi connectivity index (χ4v) is 0.866. The third kappa shape index (κ3) is 5.65. The molecule has 0 radical (unpaired) electrons. The van der Waals surface area contributed by atoms with E-state index in [-0.39, 0.29) is 12.0 Å². The quantitative estimate of drug-likeness (QED) is 0.583. The second-order valence-electron chi connectivity index (χ2n) is 1.47. The zero-order chi connectivity index (χ0) is 7.11. The lowest BCUT2D eigenvalue weighted by molar-refractivity contribution is 0.235. The third-order valence-electron chi connectivity index (χ3n) is 0.661. The summed E-state index contributed by atoms with van der Waals surface area (Å²) >= 11 is 1.19. The molecule has 0 spiro atoms. The predicted octanol–water partition coefficient (Wildman–Crippen LogP) is 0.789. The molecule has 3 nitrogen and oxygen atoms in total. The summed E-state index contributed by atoms with van der Waals surface area (Å²) in [5.41, 5.74) is 0. The molecule has 9 heavy (non-hydrogen) atoms. The number of hydrogen-bond donors (Lipinski definition) is 2. The molecule has 0 fully saturated rings. The van der Waals surface area contributed by atoms with Gasteiger partial charge in [-0.25, -0.2) is 0 Å². The van der Waals surface area contributed by atoms with Crippen molar-refractivity contribution in [2.45, 2.75) is 13.3 Å². The first-order chi connectivity index (χ1) is 4.31. The van der Waals surface area contributed by atoms with Gasteiger partial charge in [0.2, 0.25) is 0 Å². The highest BCUT2D eigenvalue weighted by molar-refractivity contribution is 8.13. The van der Waals surface area contributed by atoms with Gasteiger partial charge < -0.3 is 10.4 Å². The maximum absolute atomic E-state index is 10.5. The van der Waals surface area contributed by atoms with Crippen molar-refractivity contribution in [1.82, 2.24) is 5.32 Å². The Morgan fingerprint density at radius 3 is 2.89 bits per heavy atom. The van der Waals surface area contributed by atoms with Crippen LogP contribution in [-0.4, -0.2) is 22.8 Å². The van der Waals surface area contributed by atoms with E-state index in [1.807, 2.05) is 6.92 Å². The van der Waals surface area contributed by atoms with Gasteiger partial charge in [0.05, 0.1) is 0 Å². The summed E-state index contributed by atoms with van der Waals surface area (Å²) in [6, 6.07) is 0. The van der Waals surface area contributed by atoms with Crippen molar-refractivity contribution >= 4 is 17.0 Å². The Balaban J connectivity index is 3.06. The van der Waals surface area contributed by atoms with E-state index in [0.717, 1.165) is 12.2 Å². The van der Waals surface area contributed by atoms with E-state index >= 15 is 0 Å². The van der Waals surface area contributed by atoms with Gasteiger partial charge in [-0.3, -0.25) is 4.79 Å². The molecular weight excluding hydrogens is 138 g/mol. The van der Waals surface area contributed by atoms with E-state index in [2.05, 4.69) is 5.32 Å². The zero-order valence-electron chi connectivity index (χ0n) is 5.39. The van der Waals surface area contributed by atoms with Gasteiger partial charge in [-0.2, -0.15) is 0 Å². The zero-order valence-corrected chi connectivity index (χ0v) is 6.20. The van der Waals surface area contributed by atoms with Crippen LogP contribution < -0.4 is 5.32 Å². The van der Waals surface area contributed by atoms with E-state index in [4.69, 9.17) is 5.11 Å². The fraction of sp³-hybridized carbons (Fsp3) is 0.800. The Morgan fingerprint density at radius 2 is 2.44 bits per heavy atom. The summed E-state index contributed by atoms with van der Waals surface area (Å²) in [7, 11) is 0. The van der Waals surface area contributed by atoms with E-state index in [1.165, 1.54) is 11.8 Å². The van der Waals surface area contributed by atoms with Crippen molar-refractivity contribution in [3.63, 3.8) is 0 Å². The summed E-state index contributed by atoms with van der Waals surface area (Å²) in [4.78, 5) is 10.5. The molecule has 0 aliphatic rings. The summed E-state index contributed by atoms with van der Waals surface area (Å²) in [5.74, 6) is 0.811. The molecule has 0 rings (SSSR count). The Morgan fingerprint density at radius 1 is 1.78 bits per heavy atom. The highest BCUT2D eigenvalue weighted by Gasteiger charge is 1.96. The van der Waals surface area contributed by atoms with Gasteiger partial charge in [0.1, 0.15) is 6.73 Å². The van der Waals surface area contributed by atoms with Crippen LogP contribution in [-0.2, 0) is 0 Å². The van der Waals surface area contributed by atoms with Crippen LogP contribution >= 0.6 is 11.8 Å². The van der Waals surface area contributed by atoms with Gasteiger partial charge in [-0.1, -0.05) is 18.7 Å². The number of aliphatic hydroxyl groups excluding tert-OH is 1. The molecule has 0 aromatic carbocycles. The van der Waals surface area contributed by atoms with Crippen molar-refractivity contribution in [3.05, 3.63) is 0 Å². The van der Waals surface area contributed by atoms with Gasteiger partial charge in [-0.05, 0) is 6.42 Å². The van der Waals surface area contributed by atoms with E-state index in [0.29, 0.717) is 0 Å². The molecule has 0 aliphatic heterocycles. The van der Waals surface area contributed by atoms with Crippen molar-refractivity contribution in [2.24, 2.45) is 0 Å². The molecule has 0 aliphatic carbocycles. The lowest BCUT2D eigenvalue weighted by Gasteiger charge is -1.97. The molecule has 4 heteroatoms. The minimum absolute atomic E-state index is 0.153. The molecule has 0 aromatic heterocycles. The highest BCUT2D eigenvalue weighted by atomic mass is 32.2. The molecule has 1 amide bonds. The summed E-state index contributed by atoms with van der Waals surface area (Å²) < 4.78 is 0. The molecule has 0 saturated carbocycles. The number of nitrogens with one attached hydrogen (secondary N) is 1. The Kier molecular flexibility index (Phi) is 5.76. The van der Waals surface area contributed by atoms with Crippen LogP contribution in [0.4, 0.5) is 4.79 Å². The van der Waals surface area contributed by atoms with Gasteiger partial charge >= 0.3 is 0 Å². The summed E-state index contributed by atoms with van der Waals surface area (Å²) in [6.45, 7) is 1.73. The van der Waals surface area contributed by atoms with Crippen LogP contribution in [0.3, 0.4) is 0 Å². The number of thioether (sulfide) groups is 1. The van der Waals surface area contributed by atoms with Crippen LogP contribution in [0.1, 0.15) is 13.3 Å². The summed E-state index contributed by atoms with van der Waals surface area (Å²) in [5, 5.41) is 10.3. The van der Waals surface area contributed by atoms with Crippen molar-refractivity contribution in [3.8, 4) is 0 Å². The first kappa shape index (κ1) is 8.78. The smallest absolute Gasteiger partial charge is 0.280 e. The van der Waals surface area contributed by atoms with Crippen LogP contribution in [0, 0.1) is 0 Å². The molecule has 54 valence electrons. The van der Waals surface area contributed by atoms with E-state index < -0.39 is 0 Å². The molecule has 0 bridgehead atoms. The second kappa shape index (κ2) is 5.91. The monoisotopic (exact) mass is 149 g/mol. The van der Waals surface area contributed by atoms with Crippen molar-refractivity contribution < 1.29 is 9.90 Å². The number of carbonyl (C=O) groups is 1. The topological polar surface area (TPSA) is 49.3 Å². The number of aliphatic hydroxyl groups is 1. The predicted molar refractivity (Wildman–Crippen MR) is 38.4 cm³/mol. The molecule has 0 atom stereocenters. The summed E-state index contributed by atoms with van der Waals surface area (Å²) in [6.07, 6.45) is 0.976. The van der Waals surface area contributed by atoms with Crippen LogP contribution in [0.2, 0.25) is 0 Å². The Bertz CT molecular complexity index is 87.0. The fourth-order valence-electron chi connectivity index (χ4n) is 0.310. The SMILES string of the molecule is CCCSC(=O)NCO. The Labute approximate surface area is 58.8 Å². The standard InChI is InChI=1S/C5H11NO2S/c1-2-3-9-5(8)6-4-7/h7H,2-4H2,1H3,(H,6,8). The lowest BCUT2D eigenvalue weighted by Crippen LogP contribution is -2.19. The molecular formula is C5H11NO2S. The number of rotatable bonds is 3. The minimum atomic E-state index is -0.268. The van der Waals surface area contributed by atoms with Crippen molar-refractivity contribution in [2.75, 3.05) is 12.5 Å². The highest BCUT2D eigenvalue weighted by Crippen LogP contribution is 2.01. The first-order valence-electron chi connectivity index (χ1n) is 2.82. The van der Waals surface area contributed by atoms with Gasteiger partial charge in [0, 0.05) is 5.75 Å². The van der Waals surface area contributed by atoms with Crippen molar-refractivity contribution in [1.29, 1.82) is 0 Å². The molecule has 0 unspecified atom stereocenters. The molecule has 2 N–H and O–H groups in total. The lowest BCUT2D eigenvalue weighted by atomic mass is 10.6. The third-order valence-corrected chi connectivity index (χ3v) is 1.68. The largest absolute Gasteiger partial charge is 0.376 e. The van der Waals surface area contributed by atoms with Gasteiger partial charge in [0.25, 0.3) is 5.24 Å². The second-order valence-corrected chi connectivity index (χ2v) is 2.54. The maximum Gasteiger partial charge on any atom is 0.280 e. The van der Waals surface area contributed by atoms with Crippen LogP contribution in [0.15, 0.2) is 0 Å². The van der Waals surface area contributed by atoms with Crippen LogP contribution in [0.5, 0.6) is 0 Å². The first-order valence-corrected chi connectivity index (χ1v) is 3.81. The average Bonchev–Trinajstić information content (AvgIpc) is 1.85.